The molecule has 7 rings (SSSR count). The first kappa shape index (κ1) is 27.4. The molecule has 3 atom stereocenters. The number of ether oxygens (including phenoxy) is 2. The van der Waals surface area contributed by atoms with Crippen LogP contribution in [0.5, 0.6) is 5.88 Å². The number of anilines is 1. The number of hydrogen-bond donors (Lipinski definition) is 1. The van der Waals surface area contributed by atoms with E-state index < -0.39 is 11.8 Å². The number of aromatic carboxylic acids is 1. The number of aromatic nitrogens is 3. The van der Waals surface area contributed by atoms with Crippen molar-refractivity contribution in [3.63, 3.8) is 0 Å². The van der Waals surface area contributed by atoms with Gasteiger partial charge >= 0.3 is 5.97 Å². The molecule has 2 aromatic heterocycles. The van der Waals surface area contributed by atoms with Crippen molar-refractivity contribution in [2.24, 2.45) is 0 Å². The number of imidazole rings is 1. The van der Waals surface area contributed by atoms with Gasteiger partial charge in [0, 0.05) is 49.0 Å². The van der Waals surface area contributed by atoms with Crippen LogP contribution in [0.15, 0.2) is 54.6 Å². The van der Waals surface area contributed by atoms with Gasteiger partial charge in [-0.15, -0.1) is 6.42 Å². The summed E-state index contributed by atoms with van der Waals surface area (Å²) in [6.45, 7) is 3.88. The predicted molar refractivity (Wildman–Crippen MR) is 159 cm³/mol. The number of piperazine rings is 1. The molecule has 3 aliphatic rings. The lowest BCUT2D eigenvalue weighted by Gasteiger charge is -2.41. The fourth-order valence-electron chi connectivity index (χ4n) is 6.49. The van der Waals surface area contributed by atoms with Crippen molar-refractivity contribution < 1.29 is 23.8 Å². The number of pyridine rings is 1. The van der Waals surface area contributed by atoms with E-state index in [4.69, 9.17) is 25.9 Å². The van der Waals surface area contributed by atoms with Gasteiger partial charge in [-0.05, 0) is 55.7 Å². The number of terminal acetylenes is 1. The van der Waals surface area contributed by atoms with Crippen LogP contribution in [0.25, 0.3) is 11.0 Å². The molecule has 2 aromatic carbocycles. The average Bonchev–Trinajstić information content (AvgIpc) is 3.46. The lowest BCUT2D eigenvalue weighted by atomic mass is 10.1. The number of hydrogen-bond acceptors (Lipinski definition) is 7. The summed E-state index contributed by atoms with van der Waals surface area (Å²) in [6.07, 6.45) is 8.61. The van der Waals surface area contributed by atoms with Crippen LogP contribution in [0, 0.1) is 18.2 Å². The van der Waals surface area contributed by atoms with Crippen LogP contribution < -0.4 is 9.64 Å². The second-order valence-electron chi connectivity index (χ2n) is 11.5. The molecular weight excluding hydrogens is 549 g/mol. The number of carboxylic acid groups (broad SMARTS) is 1. The number of carbonyl (C=O) groups is 1. The number of nitrogens with zero attached hydrogens (tertiary/aromatic N) is 5. The average molecular weight is 582 g/mol. The fraction of sp³-hybridized carbons (Fsp3) is 0.364. The van der Waals surface area contributed by atoms with Crippen LogP contribution in [0.1, 0.15) is 46.6 Å². The van der Waals surface area contributed by atoms with Crippen molar-refractivity contribution in [3.8, 4) is 18.2 Å². The quantitative estimate of drug-likeness (QED) is 0.290. The molecule has 220 valence electrons. The summed E-state index contributed by atoms with van der Waals surface area (Å²) >= 11 is 0. The molecule has 9 nitrogen and oxygen atoms in total. The number of likely N-dealkylation sites (tertiary alicyclic amines) is 1. The Hall–Kier alpha value is -4.46. The highest BCUT2D eigenvalue weighted by Gasteiger charge is 2.41. The third-order valence-corrected chi connectivity index (χ3v) is 8.75. The van der Waals surface area contributed by atoms with Gasteiger partial charge in [-0.2, -0.15) is 4.98 Å². The van der Waals surface area contributed by atoms with E-state index in [1.54, 1.807) is 36.4 Å². The third-order valence-electron chi connectivity index (χ3n) is 8.75. The van der Waals surface area contributed by atoms with Gasteiger partial charge < -0.3 is 24.0 Å². The molecule has 10 heteroatoms. The summed E-state index contributed by atoms with van der Waals surface area (Å²) in [5.41, 5.74) is 2.81. The standard InChI is InChI=1S/C33H32FN5O4/c1-2-21-6-7-23(27(34)14-21)20-43-32-5-3-4-30(36-32)39-24-9-10-25(39)17-37(16-24)19-31-35-28-11-8-22(33(40)41)15-29(28)38(31)18-26-12-13-42-26/h1,3-8,11,14-15,24-26H,9-10,12-13,16-20H2,(H,40,41)/t24?,25?,26-/m0/s1. The van der Waals surface area contributed by atoms with E-state index in [1.807, 2.05) is 12.1 Å². The van der Waals surface area contributed by atoms with Gasteiger partial charge in [-0.1, -0.05) is 18.1 Å². The van der Waals surface area contributed by atoms with E-state index in [9.17, 15) is 14.3 Å². The predicted octanol–water partition coefficient (Wildman–Crippen LogP) is 4.47. The molecule has 43 heavy (non-hydrogen) atoms. The van der Waals surface area contributed by atoms with Crippen LogP contribution in [0.3, 0.4) is 0 Å². The zero-order valence-electron chi connectivity index (χ0n) is 23.7. The highest BCUT2D eigenvalue weighted by atomic mass is 19.1. The molecule has 0 saturated carbocycles. The van der Waals surface area contributed by atoms with E-state index in [2.05, 4.69) is 20.3 Å². The second kappa shape index (κ2) is 11.3. The van der Waals surface area contributed by atoms with Gasteiger partial charge in [0.2, 0.25) is 5.88 Å². The molecule has 3 aliphatic heterocycles. The van der Waals surface area contributed by atoms with E-state index in [0.717, 1.165) is 61.6 Å². The Kier molecular flexibility index (Phi) is 7.21. The number of rotatable bonds is 9. The zero-order chi connectivity index (χ0) is 29.5. The summed E-state index contributed by atoms with van der Waals surface area (Å²) < 4.78 is 28.1. The lowest BCUT2D eigenvalue weighted by Crippen LogP contribution is -2.54. The van der Waals surface area contributed by atoms with Crippen LogP contribution in [0.4, 0.5) is 10.2 Å². The normalized spacial score (nSPS) is 21.5. The van der Waals surface area contributed by atoms with Gasteiger partial charge in [-0.25, -0.2) is 14.2 Å². The Morgan fingerprint density at radius 3 is 2.60 bits per heavy atom. The van der Waals surface area contributed by atoms with Crippen molar-refractivity contribution in [1.82, 2.24) is 19.4 Å². The Morgan fingerprint density at radius 1 is 1.09 bits per heavy atom. The lowest BCUT2D eigenvalue weighted by molar-refractivity contribution is -0.0592. The summed E-state index contributed by atoms with van der Waals surface area (Å²) in [6, 6.07) is 16.1. The number of benzene rings is 2. The van der Waals surface area contributed by atoms with E-state index in [-0.39, 0.29) is 18.3 Å². The zero-order valence-corrected chi connectivity index (χ0v) is 23.7. The number of carboxylic acids is 1. The maximum atomic E-state index is 14.4. The fourth-order valence-corrected chi connectivity index (χ4v) is 6.49. The second-order valence-corrected chi connectivity index (χ2v) is 11.5. The topological polar surface area (TPSA) is 93.0 Å². The molecule has 1 N–H and O–H groups in total. The third kappa shape index (κ3) is 5.42. The summed E-state index contributed by atoms with van der Waals surface area (Å²) in [5.74, 6) is 3.34. The van der Waals surface area contributed by atoms with Crippen LogP contribution in [0.2, 0.25) is 0 Å². The van der Waals surface area contributed by atoms with E-state index in [0.29, 0.717) is 42.2 Å². The first-order valence-corrected chi connectivity index (χ1v) is 14.6. The summed E-state index contributed by atoms with van der Waals surface area (Å²) in [4.78, 5) is 26.2. The van der Waals surface area contributed by atoms with Crippen molar-refractivity contribution in [2.75, 3.05) is 24.6 Å². The maximum Gasteiger partial charge on any atom is 0.335 e. The van der Waals surface area contributed by atoms with Crippen molar-refractivity contribution in [2.45, 2.75) is 57.1 Å². The molecule has 0 amide bonds. The van der Waals surface area contributed by atoms with Gasteiger partial charge in [0.15, 0.2) is 0 Å². The highest BCUT2D eigenvalue weighted by Crippen LogP contribution is 2.35. The van der Waals surface area contributed by atoms with Crippen molar-refractivity contribution in [1.29, 1.82) is 0 Å². The first-order valence-electron chi connectivity index (χ1n) is 14.6. The van der Waals surface area contributed by atoms with Gasteiger partial charge in [0.1, 0.15) is 24.1 Å². The summed E-state index contributed by atoms with van der Waals surface area (Å²) in [5, 5.41) is 9.55. The molecular formula is C33H32FN5O4. The van der Waals surface area contributed by atoms with E-state index >= 15 is 0 Å². The Labute approximate surface area is 248 Å². The molecule has 0 spiro atoms. The number of halogens is 1. The minimum absolute atomic E-state index is 0.0641. The molecule has 0 radical (unpaired) electrons. The van der Waals surface area contributed by atoms with Crippen LogP contribution in [-0.2, 0) is 24.4 Å². The highest BCUT2D eigenvalue weighted by molar-refractivity contribution is 5.92. The van der Waals surface area contributed by atoms with Gasteiger partial charge in [0.05, 0.1) is 35.8 Å². The van der Waals surface area contributed by atoms with Crippen molar-refractivity contribution in [3.05, 3.63) is 82.9 Å². The van der Waals surface area contributed by atoms with Crippen molar-refractivity contribution >= 4 is 22.8 Å². The molecule has 3 fully saturated rings. The van der Waals surface area contributed by atoms with E-state index in [1.165, 1.54) is 6.07 Å². The molecule has 3 saturated heterocycles. The molecule has 2 bridgehead atoms. The maximum absolute atomic E-state index is 14.4. The largest absolute Gasteiger partial charge is 0.478 e. The van der Waals surface area contributed by atoms with Gasteiger partial charge in [0.25, 0.3) is 0 Å². The monoisotopic (exact) mass is 581 g/mol. The smallest absolute Gasteiger partial charge is 0.335 e. The number of fused-ring (bicyclic) bond motifs is 3. The SMILES string of the molecule is C#Cc1ccc(COc2cccc(N3C4CCC3CN(Cc3nc5ccc(C(=O)O)cc5n3C[C@@H]3CCO3)C4)n2)c(F)c1. The van der Waals surface area contributed by atoms with Crippen LogP contribution in [-0.4, -0.2) is 68.4 Å². The van der Waals surface area contributed by atoms with Crippen LogP contribution >= 0.6 is 0 Å². The molecule has 2 unspecified atom stereocenters. The molecule has 4 aromatic rings. The van der Waals surface area contributed by atoms with Gasteiger partial charge in [-0.3, -0.25) is 4.90 Å². The molecule has 0 aliphatic carbocycles. The minimum Gasteiger partial charge on any atom is -0.478 e. The Balaban J connectivity index is 1.06. The Morgan fingerprint density at radius 2 is 1.91 bits per heavy atom. The summed E-state index contributed by atoms with van der Waals surface area (Å²) in [7, 11) is 0. The minimum atomic E-state index is -0.947. The first-order chi connectivity index (χ1) is 20.9. The molecule has 5 heterocycles. The Bertz CT molecular complexity index is 1710.